The minimum atomic E-state index is 0.535. The van der Waals surface area contributed by atoms with Crippen molar-refractivity contribution in [2.24, 2.45) is 5.92 Å². The number of allylic oxidation sites excluding steroid dienone is 2. The molecule has 0 atom stereocenters. The first-order chi connectivity index (χ1) is 4.68. The van der Waals surface area contributed by atoms with Gasteiger partial charge in [-0.2, -0.15) is 0 Å². The van der Waals surface area contributed by atoms with Gasteiger partial charge in [-0.3, -0.25) is 0 Å². The third-order valence-electron chi connectivity index (χ3n) is 1.34. The van der Waals surface area contributed by atoms with Crippen LogP contribution in [0.25, 0.3) is 0 Å². The summed E-state index contributed by atoms with van der Waals surface area (Å²) >= 11 is 0. The fourth-order valence-corrected chi connectivity index (χ4v) is 0.488. The molecule has 0 aliphatic rings. The molecule has 10 heavy (non-hydrogen) atoms. The lowest BCUT2D eigenvalue weighted by Gasteiger charge is -2.01. The Kier molecular flexibility index (Phi) is 4.95. The predicted octanol–water partition coefficient (Wildman–Crippen LogP) is 2.40. The topological polar surface area (TPSA) is 9.23 Å². The molecule has 0 saturated heterocycles. The van der Waals surface area contributed by atoms with Gasteiger partial charge in [-0.05, 0) is 5.92 Å². The van der Waals surface area contributed by atoms with Crippen LogP contribution in [0.1, 0.15) is 13.8 Å². The highest BCUT2D eigenvalue weighted by molar-refractivity contribution is 5.16. The Balaban J connectivity index is 3.56. The summed E-state index contributed by atoms with van der Waals surface area (Å²) in [6.45, 7) is 8.80. The lowest BCUT2D eigenvalue weighted by Crippen LogP contribution is -1.88. The van der Waals surface area contributed by atoms with E-state index in [1.165, 1.54) is 0 Å². The molecule has 0 spiro atoms. The second kappa shape index (κ2) is 5.24. The molecule has 0 aromatic heterocycles. The highest BCUT2D eigenvalue weighted by atomic mass is 16.5. The van der Waals surface area contributed by atoms with E-state index in [2.05, 4.69) is 20.4 Å². The van der Waals surface area contributed by atoms with Crippen molar-refractivity contribution in [3.05, 3.63) is 24.3 Å². The van der Waals surface area contributed by atoms with E-state index < -0.39 is 0 Å². The highest BCUT2D eigenvalue weighted by Crippen LogP contribution is 2.06. The van der Waals surface area contributed by atoms with Crippen LogP contribution in [0.15, 0.2) is 24.3 Å². The summed E-state index contributed by atoms with van der Waals surface area (Å²) in [5, 5.41) is 0. The monoisotopic (exact) mass is 140 g/mol. The summed E-state index contributed by atoms with van der Waals surface area (Å²) in [6, 6.07) is 0. The Morgan fingerprint density at radius 2 is 2.20 bits per heavy atom. The Bertz CT molecular complexity index is 123. The van der Waals surface area contributed by atoms with Crippen molar-refractivity contribution in [1.82, 2.24) is 0 Å². The minimum Gasteiger partial charge on any atom is -0.381 e. The van der Waals surface area contributed by atoms with Crippen LogP contribution >= 0.6 is 0 Å². The lowest BCUT2D eigenvalue weighted by atomic mass is 10.1. The van der Waals surface area contributed by atoms with Crippen LogP contribution in [0.3, 0.4) is 0 Å². The van der Waals surface area contributed by atoms with Crippen LogP contribution in [0.4, 0.5) is 0 Å². The number of ether oxygens (including phenoxy) is 1. The number of hydrogen-bond acceptors (Lipinski definition) is 1. The van der Waals surface area contributed by atoms with Gasteiger partial charge in [-0.25, -0.2) is 0 Å². The maximum Gasteiger partial charge on any atom is 0.0646 e. The zero-order valence-corrected chi connectivity index (χ0v) is 7.05. The van der Waals surface area contributed by atoms with E-state index in [1.54, 1.807) is 7.11 Å². The summed E-state index contributed by atoms with van der Waals surface area (Å²) < 4.78 is 4.84. The van der Waals surface area contributed by atoms with Crippen LogP contribution in [-0.2, 0) is 4.74 Å². The van der Waals surface area contributed by atoms with E-state index >= 15 is 0 Å². The molecule has 0 aromatic carbocycles. The Labute approximate surface area is 63.4 Å². The molecule has 0 aliphatic heterocycles. The van der Waals surface area contributed by atoms with Crippen molar-refractivity contribution in [2.45, 2.75) is 13.8 Å². The van der Waals surface area contributed by atoms with E-state index in [0.29, 0.717) is 12.5 Å². The van der Waals surface area contributed by atoms with E-state index in [4.69, 9.17) is 4.74 Å². The Morgan fingerprint density at radius 1 is 1.60 bits per heavy atom. The van der Waals surface area contributed by atoms with Crippen molar-refractivity contribution in [1.29, 1.82) is 0 Å². The zero-order valence-electron chi connectivity index (χ0n) is 7.05. The summed E-state index contributed by atoms with van der Waals surface area (Å²) in [6.07, 6.45) is 3.98. The van der Waals surface area contributed by atoms with Crippen LogP contribution < -0.4 is 0 Å². The van der Waals surface area contributed by atoms with Crippen LogP contribution in [-0.4, -0.2) is 13.7 Å². The third-order valence-corrected chi connectivity index (χ3v) is 1.34. The van der Waals surface area contributed by atoms with Gasteiger partial charge in [0.2, 0.25) is 0 Å². The average molecular weight is 140 g/mol. The van der Waals surface area contributed by atoms with E-state index in [-0.39, 0.29) is 0 Å². The first-order valence-corrected chi connectivity index (χ1v) is 3.52. The molecule has 0 aromatic rings. The van der Waals surface area contributed by atoms with Gasteiger partial charge in [0.05, 0.1) is 6.61 Å². The smallest absolute Gasteiger partial charge is 0.0646 e. The molecule has 58 valence electrons. The van der Waals surface area contributed by atoms with Gasteiger partial charge >= 0.3 is 0 Å². The molecule has 0 N–H and O–H groups in total. The minimum absolute atomic E-state index is 0.535. The van der Waals surface area contributed by atoms with Gasteiger partial charge in [0.25, 0.3) is 0 Å². The molecule has 0 rings (SSSR count). The quantitative estimate of drug-likeness (QED) is 0.545. The number of methoxy groups -OCH3 is 1. The van der Waals surface area contributed by atoms with Crippen molar-refractivity contribution in [3.8, 4) is 0 Å². The van der Waals surface area contributed by atoms with Crippen molar-refractivity contribution in [3.63, 3.8) is 0 Å². The van der Waals surface area contributed by atoms with Gasteiger partial charge < -0.3 is 4.74 Å². The van der Waals surface area contributed by atoms with E-state index in [9.17, 15) is 0 Å². The van der Waals surface area contributed by atoms with E-state index in [0.717, 1.165) is 5.57 Å². The molecular formula is C9H16O. The summed E-state index contributed by atoms with van der Waals surface area (Å²) in [7, 11) is 1.68. The first kappa shape index (κ1) is 9.44. The van der Waals surface area contributed by atoms with Crippen molar-refractivity contribution >= 4 is 0 Å². The average Bonchev–Trinajstić information content (AvgIpc) is 1.88. The van der Waals surface area contributed by atoms with Crippen LogP contribution in [0.5, 0.6) is 0 Å². The molecule has 1 heteroatoms. The maximum absolute atomic E-state index is 4.84. The second-order valence-corrected chi connectivity index (χ2v) is 2.59. The standard InChI is InChI=1S/C9H16O/c1-8(2)9(3)6-5-7-10-4/h5-6,8H,3,7H2,1-2,4H3/b6-5+. The lowest BCUT2D eigenvalue weighted by molar-refractivity contribution is 0.234. The van der Waals surface area contributed by atoms with Gasteiger partial charge in [0, 0.05) is 7.11 Å². The second-order valence-electron chi connectivity index (χ2n) is 2.59. The molecule has 0 bridgehead atoms. The predicted molar refractivity (Wildman–Crippen MR) is 45.0 cm³/mol. The molecule has 0 radical (unpaired) electrons. The van der Waals surface area contributed by atoms with Gasteiger partial charge in [0.15, 0.2) is 0 Å². The summed E-state index contributed by atoms with van der Waals surface area (Å²) in [5.74, 6) is 0.535. The summed E-state index contributed by atoms with van der Waals surface area (Å²) in [4.78, 5) is 0. The molecule has 0 fully saturated rings. The SMILES string of the molecule is C=C(/C=C/COC)C(C)C. The van der Waals surface area contributed by atoms with Gasteiger partial charge in [-0.1, -0.05) is 38.2 Å². The molecule has 0 heterocycles. The van der Waals surface area contributed by atoms with Crippen LogP contribution in [0.2, 0.25) is 0 Å². The Morgan fingerprint density at radius 3 is 2.60 bits per heavy atom. The molecule has 0 amide bonds. The molecule has 0 saturated carbocycles. The van der Waals surface area contributed by atoms with E-state index in [1.807, 2.05) is 12.2 Å². The largest absolute Gasteiger partial charge is 0.381 e. The first-order valence-electron chi connectivity index (χ1n) is 3.52. The van der Waals surface area contributed by atoms with Crippen molar-refractivity contribution in [2.75, 3.05) is 13.7 Å². The zero-order chi connectivity index (χ0) is 7.98. The van der Waals surface area contributed by atoms with Crippen molar-refractivity contribution < 1.29 is 4.74 Å². The fraction of sp³-hybridized carbons (Fsp3) is 0.556. The van der Waals surface area contributed by atoms with Crippen LogP contribution in [0, 0.1) is 5.92 Å². The van der Waals surface area contributed by atoms with Gasteiger partial charge in [0.1, 0.15) is 0 Å². The normalized spacial score (nSPS) is 11.2. The third kappa shape index (κ3) is 4.33. The molecule has 1 nitrogen and oxygen atoms in total. The fourth-order valence-electron chi connectivity index (χ4n) is 0.488. The summed E-state index contributed by atoms with van der Waals surface area (Å²) in [5.41, 5.74) is 1.15. The Hall–Kier alpha value is -0.560. The molecule has 0 unspecified atom stereocenters. The maximum atomic E-state index is 4.84. The number of hydrogen-bond donors (Lipinski definition) is 0. The highest BCUT2D eigenvalue weighted by Gasteiger charge is 1.92. The van der Waals surface area contributed by atoms with Gasteiger partial charge in [-0.15, -0.1) is 0 Å². The molecule has 0 aliphatic carbocycles. The number of rotatable bonds is 4. The molecular weight excluding hydrogens is 124 g/mol.